The zero-order chi connectivity index (χ0) is 7.11. The molecule has 0 saturated carbocycles. The lowest BCUT2D eigenvalue weighted by atomic mass is 10.4. The highest BCUT2D eigenvalue weighted by atomic mass is 16.5. The summed E-state index contributed by atoms with van der Waals surface area (Å²) in [6.45, 7) is 0.0660. The zero-order valence-electron chi connectivity index (χ0n) is 5.02. The minimum atomic E-state index is -0.596. The molecule has 0 aliphatic rings. The van der Waals surface area contributed by atoms with E-state index in [1.165, 1.54) is 7.11 Å². The van der Waals surface area contributed by atoms with Gasteiger partial charge < -0.3 is 9.53 Å². The van der Waals surface area contributed by atoms with Crippen molar-refractivity contribution in [1.82, 2.24) is 0 Å². The number of hydrogen-bond donors (Lipinski definition) is 0. The molecule has 0 aliphatic carbocycles. The van der Waals surface area contributed by atoms with Crippen LogP contribution in [0.15, 0.2) is 5.11 Å². The Hall–Kier alpha value is -1.06. The number of ether oxygens (including phenoxy) is 1. The number of rotatable bonds is 4. The van der Waals surface area contributed by atoms with Gasteiger partial charge in [-0.15, -0.1) is 0 Å². The Kier molecular flexibility index (Phi) is 4.49. The van der Waals surface area contributed by atoms with Gasteiger partial charge in [0.1, 0.15) is 12.4 Å². The third-order valence-electron chi connectivity index (χ3n) is 0.779. The van der Waals surface area contributed by atoms with Crippen molar-refractivity contribution in [3.63, 3.8) is 0 Å². The van der Waals surface area contributed by atoms with Gasteiger partial charge in [0.15, 0.2) is 0 Å². The van der Waals surface area contributed by atoms with Crippen molar-refractivity contribution in [2.24, 2.45) is 5.11 Å². The van der Waals surface area contributed by atoms with Crippen LogP contribution in [0.3, 0.4) is 0 Å². The highest BCUT2D eigenvalue weighted by Crippen LogP contribution is 1.84. The van der Waals surface area contributed by atoms with E-state index in [0.717, 1.165) is 0 Å². The highest BCUT2D eigenvalue weighted by molar-refractivity contribution is 5.56. The summed E-state index contributed by atoms with van der Waals surface area (Å²) >= 11 is 0. The van der Waals surface area contributed by atoms with E-state index in [0.29, 0.717) is 6.29 Å². The second-order valence-corrected chi connectivity index (χ2v) is 1.32. The molecule has 1 unspecified atom stereocenters. The molecule has 0 fully saturated rings. The van der Waals surface area contributed by atoms with Gasteiger partial charge in [0.05, 0.1) is 6.54 Å². The van der Waals surface area contributed by atoms with E-state index in [2.05, 4.69) is 14.8 Å². The number of azide groups is 1. The van der Waals surface area contributed by atoms with Crippen LogP contribution in [0.1, 0.15) is 0 Å². The van der Waals surface area contributed by atoms with E-state index in [1.807, 2.05) is 0 Å². The first-order valence-electron chi connectivity index (χ1n) is 2.34. The molecule has 0 spiro atoms. The first kappa shape index (κ1) is 7.94. The lowest BCUT2D eigenvalue weighted by Crippen LogP contribution is -2.14. The van der Waals surface area contributed by atoms with Gasteiger partial charge in [-0.25, -0.2) is 0 Å². The number of aldehydes is 1. The van der Waals surface area contributed by atoms with Crippen molar-refractivity contribution in [1.29, 1.82) is 0 Å². The molecule has 0 bridgehead atoms. The Morgan fingerprint density at radius 1 is 2.00 bits per heavy atom. The second-order valence-electron chi connectivity index (χ2n) is 1.32. The molecule has 0 rings (SSSR count). The summed E-state index contributed by atoms with van der Waals surface area (Å²) < 4.78 is 4.57. The number of nitrogens with zero attached hydrogens (tertiary/aromatic N) is 3. The summed E-state index contributed by atoms with van der Waals surface area (Å²) in [4.78, 5) is 12.4. The molecule has 0 amide bonds. The van der Waals surface area contributed by atoms with Crippen LogP contribution in [0.2, 0.25) is 0 Å². The van der Waals surface area contributed by atoms with Crippen molar-refractivity contribution in [2.45, 2.75) is 6.10 Å². The number of carbonyl (C=O) groups excluding carboxylic acids is 1. The summed E-state index contributed by atoms with van der Waals surface area (Å²) in [7, 11) is 1.38. The van der Waals surface area contributed by atoms with Crippen LogP contribution in [0.25, 0.3) is 10.4 Å². The molecule has 9 heavy (non-hydrogen) atoms. The number of methoxy groups -OCH3 is 1. The molecular formula is C4H7N3O2. The van der Waals surface area contributed by atoms with E-state index in [-0.39, 0.29) is 6.54 Å². The fourth-order valence-corrected chi connectivity index (χ4v) is 0.290. The number of hydrogen-bond acceptors (Lipinski definition) is 3. The van der Waals surface area contributed by atoms with Gasteiger partial charge in [0.25, 0.3) is 0 Å². The molecule has 0 heterocycles. The topological polar surface area (TPSA) is 75.1 Å². The molecule has 5 heteroatoms. The Labute approximate surface area is 52.2 Å². The van der Waals surface area contributed by atoms with Crippen LogP contribution >= 0.6 is 0 Å². The summed E-state index contributed by atoms with van der Waals surface area (Å²) in [5, 5.41) is 3.14. The molecule has 0 aromatic heterocycles. The largest absolute Gasteiger partial charge is 0.374 e. The lowest BCUT2D eigenvalue weighted by Gasteiger charge is -2.00. The first-order chi connectivity index (χ1) is 4.35. The molecule has 1 atom stereocenters. The lowest BCUT2D eigenvalue weighted by molar-refractivity contribution is -0.115. The molecule has 0 aromatic carbocycles. The Balaban J connectivity index is 3.54. The van der Waals surface area contributed by atoms with Crippen LogP contribution < -0.4 is 0 Å². The van der Waals surface area contributed by atoms with Gasteiger partial charge in [0, 0.05) is 12.0 Å². The summed E-state index contributed by atoms with van der Waals surface area (Å²) in [6.07, 6.45) is -0.00444. The minimum absolute atomic E-state index is 0.0660. The fraction of sp³-hybridized carbons (Fsp3) is 0.750. The summed E-state index contributed by atoms with van der Waals surface area (Å²) in [6, 6.07) is 0. The Morgan fingerprint density at radius 3 is 3.00 bits per heavy atom. The van der Waals surface area contributed by atoms with Crippen molar-refractivity contribution < 1.29 is 9.53 Å². The average Bonchev–Trinajstić information content (AvgIpc) is 1.91. The molecule has 0 aliphatic heterocycles. The van der Waals surface area contributed by atoms with E-state index in [4.69, 9.17) is 5.53 Å². The van der Waals surface area contributed by atoms with Crippen LogP contribution in [0, 0.1) is 0 Å². The highest BCUT2D eigenvalue weighted by Gasteiger charge is 2.00. The molecule has 0 saturated heterocycles. The van der Waals surface area contributed by atoms with Crippen LogP contribution in [0.4, 0.5) is 0 Å². The van der Waals surface area contributed by atoms with Crippen molar-refractivity contribution in [3.05, 3.63) is 10.4 Å². The fourth-order valence-electron chi connectivity index (χ4n) is 0.290. The van der Waals surface area contributed by atoms with E-state index >= 15 is 0 Å². The maximum absolute atomic E-state index is 9.93. The normalized spacial score (nSPS) is 11.7. The second kappa shape index (κ2) is 5.08. The summed E-state index contributed by atoms with van der Waals surface area (Å²) in [5.74, 6) is 0. The van der Waals surface area contributed by atoms with E-state index in [9.17, 15) is 4.79 Å². The Morgan fingerprint density at radius 2 is 2.67 bits per heavy atom. The van der Waals surface area contributed by atoms with Gasteiger partial charge in [0.2, 0.25) is 0 Å². The Bertz CT molecular complexity index is 130. The third-order valence-corrected chi connectivity index (χ3v) is 0.779. The monoisotopic (exact) mass is 129 g/mol. The van der Waals surface area contributed by atoms with Gasteiger partial charge in [-0.3, -0.25) is 0 Å². The summed E-state index contributed by atoms with van der Waals surface area (Å²) in [5.41, 5.74) is 7.79. The predicted molar refractivity (Wildman–Crippen MR) is 30.9 cm³/mol. The quantitative estimate of drug-likeness (QED) is 0.240. The smallest absolute Gasteiger partial charge is 0.148 e. The van der Waals surface area contributed by atoms with E-state index < -0.39 is 6.10 Å². The SMILES string of the molecule is COC(C=O)CN=[N+]=[N-]. The van der Waals surface area contributed by atoms with Crippen molar-refractivity contribution in [2.75, 3.05) is 13.7 Å². The minimum Gasteiger partial charge on any atom is -0.374 e. The van der Waals surface area contributed by atoms with Gasteiger partial charge in [-0.1, -0.05) is 5.11 Å². The predicted octanol–water partition coefficient (Wildman–Crippen LogP) is 0.511. The zero-order valence-corrected chi connectivity index (χ0v) is 5.02. The molecule has 50 valence electrons. The molecule has 0 aromatic rings. The molecular weight excluding hydrogens is 122 g/mol. The van der Waals surface area contributed by atoms with Crippen molar-refractivity contribution in [3.8, 4) is 0 Å². The molecule has 5 nitrogen and oxygen atoms in total. The first-order valence-corrected chi connectivity index (χ1v) is 2.34. The van der Waals surface area contributed by atoms with Crippen molar-refractivity contribution >= 4 is 6.29 Å². The van der Waals surface area contributed by atoms with E-state index in [1.54, 1.807) is 0 Å². The standard InChI is InChI=1S/C4H7N3O2/c1-9-4(3-8)2-6-7-5/h3-4H,2H2,1H3. The van der Waals surface area contributed by atoms with Crippen LogP contribution in [0.5, 0.6) is 0 Å². The number of carbonyl (C=O) groups is 1. The average molecular weight is 129 g/mol. The van der Waals surface area contributed by atoms with Gasteiger partial charge in [-0.2, -0.15) is 0 Å². The molecule has 0 N–H and O–H groups in total. The third kappa shape index (κ3) is 3.52. The molecule has 0 radical (unpaired) electrons. The van der Waals surface area contributed by atoms with Gasteiger partial charge in [-0.05, 0) is 5.53 Å². The van der Waals surface area contributed by atoms with Gasteiger partial charge >= 0.3 is 0 Å². The maximum atomic E-state index is 9.93. The van der Waals surface area contributed by atoms with Crippen LogP contribution in [-0.4, -0.2) is 26.0 Å². The van der Waals surface area contributed by atoms with Crippen LogP contribution in [-0.2, 0) is 9.53 Å². The maximum Gasteiger partial charge on any atom is 0.148 e.